The normalized spacial score (nSPS) is 50.2. The molecule has 4 fully saturated rings. The highest BCUT2D eigenvalue weighted by Crippen LogP contribution is 2.62. The fourth-order valence-corrected chi connectivity index (χ4v) is 7.18. The number of allylic oxidation sites excluding steroid dienone is 2. The van der Waals surface area contributed by atoms with Crippen LogP contribution in [0.15, 0.2) is 11.6 Å². The lowest BCUT2D eigenvalue weighted by Gasteiger charge is -2.58. The van der Waals surface area contributed by atoms with E-state index in [2.05, 4.69) is 19.9 Å². The number of carbonyl (C=O) groups excluding carboxylic acids is 1. The quantitative estimate of drug-likeness (QED) is 0.536. The highest BCUT2D eigenvalue weighted by molar-refractivity contribution is 5.79. The monoisotopic (exact) mass is 300 g/mol. The second-order valence-electron chi connectivity index (χ2n) is 8.88. The van der Waals surface area contributed by atoms with Crippen LogP contribution in [0.4, 0.5) is 0 Å². The van der Waals surface area contributed by atoms with Gasteiger partial charge in [0, 0.05) is 12.8 Å². The predicted octanol–water partition coefficient (Wildman–Crippen LogP) is 5.54. The molecular formula is C21H32O. The first kappa shape index (κ1) is 15.0. The molecule has 0 aromatic heterocycles. The Morgan fingerprint density at radius 1 is 1.00 bits per heavy atom. The molecule has 0 unspecified atom stereocenters. The maximum absolute atomic E-state index is 11.8. The minimum Gasteiger partial charge on any atom is -0.300 e. The third kappa shape index (κ3) is 2.14. The molecule has 1 heteroatoms. The highest BCUT2D eigenvalue weighted by atomic mass is 16.1. The fraction of sp³-hybridized carbons (Fsp3) is 0.857. The van der Waals surface area contributed by atoms with Crippen molar-refractivity contribution in [2.75, 3.05) is 0 Å². The van der Waals surface area contributed by atoms with Crippen LogP contribution in [0, 0.1) is 35.0 Å². The first-order valence-electron chi connectivity index (χ1n) is 9.81. The lowest BCUT2D eigenvalue weighted by molar-refractivity contribution is -0.127. The number of ketones is 1. The smallest absolute Gasteiger partial charge is 0.133 e. The van der Waals surface area contributed by atoms with Crippen molar-refractivity contribution < 1.29 is 4.79 Å². The molecule has 0 aliphatic heterocycles. The van der Waals surface area contributed by atoms with Gasteiger partial charge in [0.1, 0.15) is 5.78 Å². The van der Waals surface area contributed by atoms with E-state index in [0.717, 1.165) is 42.4 Å². The molecule has 4 aliphatic rings. The van der Waals surface area contributed by atoms with Gasteiger partial charge in [-0.2, -0.15) is 0 Å². The van der Waals surface area contributed by atoms with Crippen molar-refractivity contribution in [3.05, 3.63) is 11.6 Å². The van der Waals surface area contributed by atoms with Gasteiger partial charge in [0.2, 0.25) is 0 Å². The van der Waals surface area contributed by atoms with E-state index in [9.17, 15) is 4.79 Å². The van der Waals surface area contributed by atoms with Crippen molar-refractivity contribution in [1.29, 1.82) is 0 Å². The molecule has 0 N–H and O–H groups in total. The highest BCUT2D eigenvalue weighted by Gasteiger charge is 2.53. The van der Waals surface area contributed by atoms with E-state index in [1.54, 1.807) is 5.57 Å². The zero-order valence-corrected chi connectivity index (χ0v) is 14.4. The van der Waals surface area contributed by atoms with Crippen molar-refractivity contribution in [3.8, 4) is 0 Å². The van der Waals surface area contributed by atoms with Gasteiger partial charge < -0.3 is 0 Å². The molecule has 0 spiro atoms. The molecule has 122 valence electrons. The molecular weight excluding hydrogens is 268 g/mol. The molecule has 0 bridgehead atoms. The van der Waals surface area contributed by atoms with E-state index >= 15 is 0 Å². The summed E-state index contributed by atoms with van der Waals surface area (Å²) in [5.41, 5.74) is 2.27. The average Bonchev–Trinajstić information content (AvgIpc) is 2.53. The van der Waals surface area contributed by atoms with Crippen molar-refractivity contribution in [3.63, 3.8) is 0 Å². The van der Waals surface area contributed by atoms with Gasteiger partial charge in [0.05, 0.1) is 0 Å². The molecule has 0 saturated heterocycles. The molecule has 0 aromatic rings. The summed E-state index contributed by atoms with van der Waals surface area (Å²) in [6.07, 6.45) is 15.3. The first-order valence-corrected chi connectivity index (χ1v) is 9.81. The summed E-state index contributed by atoms with van der Waals surface area (Å²) in [5, 5.41) is 0. The van der Waals surface area contributed by atoms with E-state index in [-0.39, 0.29) is 0 Å². The SMILES string of the molecule is CC=C1CCC[C@H]2[C@@H]3CC[C@H]4CC(=O)CC[C@@H]4[C@H]3CC[C@]12C. The first-order chi connectivity index (χ1) is 10.6. The second kappa shape index (κ2) is 5.49. The van der Waals surface area contributed by atoms with Gasteiger partial charge >= 0.3 is 0 Å². The molecule has 0 aromatic carbocycles. The molecule has 0 heterocycles. The standard InChI is InChI=1S/C21H32O/c1-3-15-5-4-6-20-19-9-7-14-13-16(22)8-10-17(14)18(19)11-12-21(15,20)2/h3,14,17-20H,4-13H2,1-2H3/t14-,17-,18+,19+,20-,21+/m0/s1. The van der Waals surface area contributed by atoms with E-state index in [0.29, 0.717) is 11.2 Å². The van der Waals surface area contributed by atoms with Crippen LogP contribution in [-0.4, -0.2) is 5.78 Å². The molecule has 6 atom stereocenters. The van der Waals surface area contributed by atoms with Crippen LogP contribution in [0.1, 0.15) is 78.1 Å². The van der Waals surface area contributed by atoms with Crippen LogP contribution in [-0.2, 0) is 4.79 Å². The summed E-state index contributed by atoms with van der Waals surface area (Å²) >= 11 is 0. The van der Waals surface area contributed by atoms with Crippen LogP contribution in [0.3, 0.4) is 0 Å². The van der Waals surface area contributed by atoms with Crippen molar-refractivity contribution in [2.45, 2.75) is 78.1 Å². The maximum Gasteiger partial charge on any atom is 0.133 e. The summed E-state index contributed by atoms with van der Waals surface area (Å²) < 4.78 is 0. The average molecular weight is 300 g/mol. The van der Waals surface area contributed by atoms with Gasteiger partial charge in [-0.15, -0.1) is 0 Å². The van der Waals surface area contributed by atoms with E-state index < -0.39 is 0 Å². The van der Waals surface area contributed by atoms with Gasteiger partial charge in [0.25, 0.3) is 0 Å². The van der Waals surface area contributed by atoms with Crippen LogP contribution in [0.2, 0.25) is 0 Å². The topological polar surface area (TPSA) is 17.1 Å². The Labute approximate surface area is 135 Å². The summed E-state index contributed by atoms with van der Waals surface area (Å²) in [6, 6.07) is 0. The Morgan fingerprint density at radius 2 is 1.86 bits per heavy atom. The van der Waals surface area contributed by atoms with Gasteiger partial charge in [0.15, 0.2) is 0 Å². The number of hydrogen-bond acceptors (Lipinski definition) is 1. The zero-order chi connectivity index (χ0) is 15.3. The largest absolute Gasteiger partial charge is 0.300 e. The zero-order valence-electron chi connectivity index (χ0n) is 14.4. The van der Waals surface area contributed by atoms with Crippen molar-refractivity contribution in [2.24, 2.45) is 35.0 Å². The Kier molecular flexibility index (Phi) is 3.74. The van der Waals surface area contributed by atoms with Crippen LogP contribution in [0.5, 0.6) is 0 Å². The van der Waals surface area contributed by atoms with Crippen molar-refractivity contribution >= 4 is 5.78 Å². The van der Waals surface area contributed by atoms with Gasteiger partial charge in [-0.05, 0) is 93.3 Å². The number of carbonyl (C=O) groups is 1. The molecule has 22 heavy (non-hydrogen) atoms. The maximum atomic E-state index is 11.8. The Bertz CT molecular complexity index is 490. The third-order valence-corrected chi connectivity index (χ3v) is 8.20. The van der Waals surface area contributed by atoms with Crippen LogP contribution >= 0.6 is 0 Å². The molecule has 0 radical (unpaired) electrons. The predicted molar refractivity (Wildman–Crippen MR) is 90.5 cm³/mol. The Morgan fingerprint density at radius 3 is 2.68 bits per heavy atom. The van der Waals surface area contributed by atoms with E-state index in [4.69, 9.17) is 0 Å². The van der Waals surface area contributed by atoms with Crippen molar-refractivity contribution in [1.82, 2.24) is 0 Å². The summed E-state index contributed by atoms with van der Waals surface area (Å²) in [5.74, 6) is 5.03. The number of Topliss-reactive ketones (excluding diaryl/α,β-unsaturated/α-hetero) is 1. The fourth-order valence-electron chi connectivity index (χ4n) is 7.18. The lowest BCUT2D eigenvalue weighted by atomic mass is 9.46. The van der Waals surface area contributed by atoms with Gasteiger partial charge in [-0.25, -0.2) is 0 Å². The molecule has 0 amide bonds. The Balaban J connectivity index is 1.60. The molecule has 4 rings (SSSR count). The summed E-state index contributed by atoms with van der Waals surface area (Å²) in [4.78, 5) is 11.8. The van der Waals surface area contributed by atoms with Crippen LogP contribution < -0.4 is 0 Å². The molecule has 1 nitrogen and oxygen atoms in total. The lowest BCUT2D eigenvalue weighted by Crippen LogP contribution is -2.50. The summed E-state index contributed by atoms with van der Waals surface area (Å²) in [6.45, 7) is 4.84. The number of hydrogen-bond donors (Lipinski definition) is 0. The van der Waals surface area contributed by atoms with Gasteiger partial charge in [-0.3, -0.25) is 4.79 Å². The number of rotatable bonds is 0. The third-order valence-electron chi connectivity index (χ3n) is 8.20. The minimum atomic E-state index is 0.505. The number of fused-ring (bicyclic) bond motifs is 5. The minimum absolute atomic E-state index is 0.505. The Hall–Kier alpha value is -0.590. The van der Waals surface area contributed by atoms with E-state index in [1.165, 1.54) is 51.4 Å². The van der Waals surface area contributed by atoms with Gasteiger partial charge in [-0.1, -0.05) is 18.6 Å². The van der Waals surface area contributed by atoms with Crippen LogP contribution in [0.25, 0.3) is 0 Å². The summed E-state index contributed by atoms with van der Waals surface area (Å²) in [7, 11) is 0. The molecule has 4 saturated carbocycles. The molecule has 4 aliphatic carbocycles. The second-order valence-corrected chi connectivity index (χ2v) is 8.88. The van der Waals surface area contributed by atoms with E-state index in [1.807, 2.05) is 0 Å².